The van der Waals surface area contributed by atoms with Gasteiger partial charge in [-0.25, -0.2) is 4.79 Å². The summed E-state index contributed by atoms with van der Waals surface area (Å²) < 4.78 is 0. The van der Waals surface area contributed by atoms with Crippen LogP contribution in [-0.4, -0.2) is 54.0 Å². The van der Waals surface area contributed by atoms with Gasteiger partial charge in [-0.2, -0.15) is 0 Å². The van der Waals surface area contributed by atoms with Crippen molar-refractivity contribution in [2.24, 2.45) is 5.92 Å². The fourth-order valence-electron chi connectivity index (χ4n) is 1.36. The van der Waals surface area contributed by atoms with E-state index in [4.69, 9.17) is 5.11 Å². The van der Waals surface area contributed by atoms with Gasteiger partial charge in [0.15, 0.2) is 0 Å². The number of carbonyl (C=O) groups is 1. The Kier molecular flexibility index (Phi) is 2.88. The van der Waals surface area contributed by atoms with Gasteiger partial charge in [0.05, 0.1) is 12.7 Å². The molecule has 70 valence electrons. The summed E-state index contributed by atoms with van der Waals surface area (Å²) in [5.74, 6) is -0.192. The molecule has 1 saturated heterocycles. The van der Waals surface area contributed by atoms with E-state index < -0.39 is 6.10 Å². The maximum Gasteiger partial charge on any atom is 0.317 e. The van der Waals surface area contributed by atoms with Crippen LogP contribution in [0.2, 0.25) is 0 Å². The van der Waals surface area contributed by atoms with Crippen molar-refractivity contribution in [2.75, 3.05) is 26.7 Å². The summed E-state index contributed by atoms with van der Waals surface area (Å²) in [5, 5.41) is 20.6. The number of likely N-dealkylation sites (tertiary alicyclic amines) is 1. The highest BCUT2D eigenvalue weighted by Crippen LogP contribution is 2.15. The number of aliphatic hydroxyl groups is 2. The molecule has 0 radical (unpaired) electrons. The molecule has 5 nitrogen and oxygen atoms in total. The van der Waals surface area contributed by atoms with Gasteiger partial charge in [0.25, 0.3) is 0 Å². The monoisotopic (exact) mass is 174 g/mol. The maximum atomic E-state index is 11.0. The molecule has 2 unspecified atom stereocenters. The molecule has 0 aromatic heterocycles. The van der Waals surface area contributed by atoms with Gasteiger partial charge >= 0.3 is 6.03 Å². The lowest BCUT2D eigenvalue weighted by molar-refractivity contribution is 0.103. The average molecular weight is 174 g/mol. The van der Waals surface area contributed by atoms with Crippen LogP contribution < -0.4 is 5.32 Å². The molecule has 3 N–H and O–H groups in total. The predicted octanol–water partition coefficient (Wildman–Crippen LogP) is -1.39. The molecular formula is C7H14N2O3. The Morgan fingerprint density at radius 3 is 2.75 bits per heavy atom. The lowest BCUT2D eigenvalue weighted by Crippen LogP contribution is -2.36. The molecule has 5 heteroatoms. The number of hydrogen-bond acceptors (Lipinski definition) is 3. The molecule has 0 aliphatic carbocycles. The second kappa shape index (κ2) is 3.73. The van der Waals surface area contributed by atoms with Gasteiger partial charge < -0.3 is 20.4 Å². The molecule has 0 bridgehead atoms. The van der Waals surface area contributed by atoms with Crippen LogP contribution in [0.1, 0.15) is 0 Å². The summed E-state index contributed by atoms with van der Waals surface area (Å²) in [6.45, 7) is 0.664. The van der Waals surface area contributed by atoms with Crippen molar-refractivity contribution in [2.45, 2.75) is 6.10 Å². The number of nitrogens with one attached hydrogen (secondary N) is 1. The van der Waals surface area contributed by atoms with Gasteiger partial charge in [0.2, 0.25) is 0 Å². The van der Waals surface area contributed by atoms with Gasteiger partial charge in [0.1, 0.15) is 0 Å². The number of amides is 2. The average Bonchev–Trinajstić information content (AvgIpc) is 2.45. The minimum atomic E-state index is -0.590. The Bertz CT molecular complexity index is 174. The summed E-state index contributed by atoms with van der Waals surface area (Å²) in [4.78, 5) is 12.5. The first kappa shape index (κ1) is 9.28. The van der Waals surface area contributed by atoms with Crippen LogP contribution in [0.15, 0.2) is 0 Å². The highest BCUT2D eigenvalue weighted by Gasteiger charge is 2.32. The van der Waals surface area contributed by atoms with E-state index in [0.29, 0.717) is 13.1 Å². The van der Waals surface area contributed by atoms with Gasteiger partial charge in [-0.15, -0.1) is 0 Å². The topological polar surface area (TPSA) is 72.8 Å². The number of carbonyl (C=O) groups excluding carboxylic acids is 1. The summed E-state index contributed by atoms with van der Waals surface area (Å²) >= 11 is 0. The van der Waals surface area contributed by atoms with E-state index in [9.17, 15) is 9.90 Å². The molecule has 2 atom stereocenters. The van der Waals surface area contributed by atoms with Crippen molar-refractivity contribution < 1.29 is 15.0 Å². The number of hydrogen-bond donors (Lipinski definition) is 3. The third-order valence-corrected chi connectivity index (χ3v) is 2.14. The summed E-state index contributed by atoms with van der Waals surface area (Å²) in [5.41, 5.74) is 0. The molecule has 0 saturated carbocycles. The summed E-state index contributed by atoms with van der Waals surface area (Å²) in [6.07, 6.45) is -0.590. The zero-order valence-corrected chi connectivity index (χ0v) is 7.03. The second-order valence-corrected chi connectivity index (χ2v) is 2.97. The molecular weight excluding hydrogens is 160 g/mol. The Hall–Kier alpha value is -0.810. The molecule has 1 fully saturated rings. The lowest BCUT2D eigenvalue weighted by atomic mass is 10.1. The van der Waals surface area contributed by atoms with E-state index in [2.05, 4.69) is 5.32 Å². The zero-order chi connectivity index (χ0) is 9.14. The maximum absolute atomic E-state index is 11.0. The van der Waals surface area contributed by atoms with Crippen LogP contribution in [-0.2, 0) is 0 Å². The normalized spacial score (nSPS) is 29.1. The number of aliphatic hydroxyl groups excluding tert-OH is 2. The number of urea groups is 1. The SMILES string of the molecule is CNC(=O)N1CC(O)C(CO)C1. The van der Waals surface area contributed by atoms with E-state index in [-0.39, 0.29) is 18.6 Å². The highest BCUT2D eigenvalue weighted by molar-refractivity contribution is 5.74. The van der Waals surface area contributed by atoms with E-state index in [1.165, 1.54) is 4.90 Å². The fraction of sp³-hybridized carbons (Fsp3) is 0.857. The van der Waals surface area contributed by atoms with Crippen LogP contribution in [0.4, 0.5) is 4.79 Å². The van der Waals surface area contributed by atoms with E-state index >= 15 is 0 Å². The van der Waals surface area contributed by atoms with Crippen LogP contribution in [0.25, 0.3) is 0 Å². The van der Waals surface area contributed by atoms with E-state index in [1.54, 1.807) is 7.05 Å². The molecule has 1 heterocycles. The Balaban J connectivity index is 2.48. The minimum absolute atomic E-state index is 0.0747. The van der Waals surface area contributed by atoms with Crippen molar-refractivity contribution in [3.63, 3.8) is 0 Å². The van der Waals surface area contributed by atoms with E-state index in [1.807, 2.05) is 0 Å². The van der Waals surface area contributed by atoms with Crippen LogP contribution in [0.5, 0.6) is 0 Å². The first-order valence-electron chi connectivity index (χ1n) is 3.94. The minimum Gasteiger partial charge on any atom is -0.396 e. The highest BCUT2D eigenvalue weighted by atomic mass is 16.3. The van der Waals surface area contributed by atoms with Gasteiger partial charge in [-0.1, -0.05) is 0 Å². The molecule has 1 aliphatic rings. The molecule has 0 aromatic carbocycles. The largest absolute Gasteiger partial charge is 0.396 e. The van der Waals surface area contributed by atoms with E-state index in [0.717, 1.165) is 0 Å². The first-order chi connectivity index (χ1) is 5.69. The number of rotatable bonds is 1. The van der Waals surface area contributed by atoms with Crippen LogP contribution in [0.3, 0.4) is 0 Å². The lowest BCUT2D eigenvalue weighted by Gasteiger charge is -2.14. The van der Waals surface area contributed by atoms with Crippen molar-refractivity contribution in [1.82, 2.24) is 10.2 Å². The zero-order valence-electron chi connectivity index (χ0n) is 7.03. The van der Waals surface area contributed by atoms with Crippen molar-refractivity contribution in [1.29, 1.82) is 0 Å². The quantitative estimate of drug-likeness (QED) is 0.458. The fourth-order valence-corrected chi connectivity index (χ4v) is 1.36. The smallest absolute Gasteiger partial charge is 0.317 e. The number of β-amino-alcohol motifs (C(OH)–C–C–N with tert-alkyl or cyclic N) is 1. The van der Waals surface area contributed by atoms with Gasteiger partial charge in [-0.05, 0) is 0 Å². The van der Waals surface area contributed by atoms with Crippen LogP contribution in [0, 0.1) is 5.92 Å². The predicted molar refractivity (Wildman–Crippen MR) is 42.6 cm³/mol. The van der Waals surface area contributed by atoms with Crippen molar-refractivity contribution in [3.8, 4) is 0 Å². The number of nitrogens with zero attached hydrogens (tertiary/aromatic N) is 1. The molecule has 0 spiro atoms. The van der Waals surface area contributed by atoms with Gasteiger partial charge in [-0.3, -0.25) is 0 Å². The Morgan fingerprint density at radius 1 is 1.67 bits per heavy atom. The Labute approximate surface area is 71.0 Å². The Morgan fingerprint density at radius 2 is 2.33 bits per heavy atom. The third kappa shape index (κ3) is 1.67. The first-order valence-corrected chi connectivity index (χ1v) is 3.94. The molecule has 1 aliphatic heterocycles. The standard InChI is InChI=1S/C7H14N2O3/c1-8-7(12)9-2-5(4-10)6(11)3-9/h5-6,10-11H,2-4H2,1H3,(H,8,12). The second-order valence-electron chi connectivity index (χ2n) is 2.97. The summed E-state index contributed by atoms with van der Waals surface area (Å²) in [6, 6.07) is -0.204. The van der Waals surface area contributed by atoms with Gasteiger partial charge in [0, 0.05) is 26.1 Å². The molecule has 1 rings (SSSR count). The molecule has 0 aromatic rings. The third-order valence-electron chi connectivity index (χ3n) is 2.14. The summed E-state index contributed by atoms with van der Waals surface area (Å²) in [7, 11) is 1.54. The van der Waals surface area contributed by atoms with Crippen molar-refractivity contribution in [3.05, 3.63) is 0 Å². The van der Waals surface area contributed by atoms with Crippen molar-refractivity contribution >= 4 is 6.03 Å². The molecule has 12 heavy (non-hydrogen) atoms. The molecule has 2 amide bonds. The van der Waals surface area contributed by atoms with Crippen LogP contribution >= 0.6 is 0 Å².